The first-order valence-electron chi connectivity index (χ1n) is 9.05. The molecule has 1 saturated heterocycles. The molecule has 1 heterocycles. The molecule has 1 aliphatic heterocycles. The first-order valence-corrected chi connectivity index (χ1v) is 9.05. The molecule has 0 spiro atoms. The van der Waals surface area contributed by atoms with Crippen molar-refractivity contribution >= 4 is 6.03 Å². The summed E-state index contributed by atoms with van der Waals surface area (Å²) in [5.74, 6) is 0.473. The third-order valence-corrected chi connectivity index (χ3v) is 5.34. The number of amides is 2. The van der Waals surface area contributed by atoms with E-state index in [9.17, 15) is 10.1 Å². The largest absolute Gasteiger partial charge is 0.336 e. The highest BCUT2D eigenvalue weighted by Crippen LogP contribution is 2.34. The lowest BCUT2D eigenvalue weighted by Crippen LogP contribution is -2.51. The summed E-state index contributed by atoms with van der Waals surface area (Å²) in [5, 5.41) is 12.8. The zero-order valence-electron chi connectivity index (χ0n) is 15.8. The molecule has 5 heteroatoms. The molecule has 2 amide bonds. The molecule has 5 nitrogen and oxygen atoms in total. The van der Waals surface area contributed by atoms with Gasteiger partial charge in [0, 0.05) is 25.7 Å². The number of urea groups is 1. The van der Waals surface area contributed by atoms with Gasteiger partial charge in [0.05, 0.1) is 11.5 Å². The summed E-state index contributed by atoms with van der Waals surface area (Å²) in [5.41, 5.74) is 0.590. The van der Waals surface area contributed by atoms with Crippen LogP contribution in [-0.4, -0.2) is 55.6 Å². The average Bonchev–Trinajstić information content (AvgIpc) is 2.62. The van der Waals surface area contributed by atoms with Crippen LogP contribution in [0.5, 0.6) is 0 Å². The van der Waals surface area contributed by atoms with Gasteiger partial charge < -0.3 is 15.1 Å². The third-order valence-electron chi connectivity index (χ3n) is 5.34. The smallest absolute Gasteiger partial charge is 0.317 e. The number of carbonyl (C=O) groups excluding carboxylic acids is 1. The lowest BCUT2D eigenvalue weighted by molar-refractivity contribution is 0.163. The minimum absolute atomic E-state index is 0.0212. The van der Waals surface area contributed by atoms with Crippen LogP contribution in [0.25, 0.3) is 0 Å². The van der Waals surface area contributed by atoms with Crippen LogP contribution < -0.4 is 5.32 Å². The Labute approximate surface area is 151 Å². The second-order valence-corrected chi connectivity index (χ2v) is 7.51. The Kier molecular flexibility index (Phi) is 6.44. The van der Waals surface area contributed by atoms with E-state index in [1.54, 1.807) is 0 Å². The zero-order chi connectivity index (χ0) is 18.4. The molecular weight excluding hydrogens is 312 g/mol. The summed E-state index contributed by atoms with van der Waals surface area (Å²) in [6.45, 7) is 6.20. The van der Waals surface area contributed by atoms with E-state index in [1.807, 2.05) is 49.3 Å². The second kappa shape index (κ2) is 8.35. The molecule has 1 aliphatic rings. The first-order chi connectivity index (χ1) is 11.9. The predicted molar refractivity (Wildman–Crippen MR) is 100 cm³/mol. The van der Waals surface area contributed by atoms with Gasteiger partial charge >= 0.3 is 6.03 Å². The normalized spacial score (nSPS) is 18.0. The summed E-state index contributed by atoms with van der Waals surface area (Å²) in [4.78, 5) is 16.5. The van der Waals surface area contributed by atoms with Crippen LogP contribution in [0.2, 0.25) is 0 Å². The Morgan fingerprint density at radius 1 is 1.28 bits per heavy atom. The van der Waals surface area contributed by atoms with Crippen molar-refractivity contribution in [1.82, 2.24) is 15.1 Å². The number of carbonyl (C=O) groups is 1. The maximum absolute atomic E-state index is 12.5. The van der Waals surface area contributed by atoms with Crippen molar-refractivity contribution in [3.05, 3.63) is 35.9 Å². The SMILES string of the molecule is CC(C)C(CNC(=O)N1CCC(C#N)(c2ccccc2)CC1)N(C)C. The number of nitrogens with zero attached hydrogens (tertiary/aromatic N) is 3. The van der Waals surface area contributed by atoms with Gasteiger partial charge in [-0.2, -0.15) is 5.26 Å². The topological polar surface area (TPSA) is 59.4 Å². The van der Waals surface area contributed by atoms with Crippen LogP contribution in [-0.2, 0) is 5.41 Å². The Balaban J connectivity index is 1.93. The molecule has 2 rings (SSSR count). The van der Waals surface area contributed by atoms with E-state index >= 15 is 0 Å². The van der Waals surface area contributed by atoms with Crippen LogP contribution >= 0.6 is 0 Å². The molecule has 1 N–H and O–H groups in total. The Morgan fingerprint density at radius 2 is 1.88 bits per heavy atom. The standard InChI is InChI=1S/C20H30N4O/c1-16(2)18(23(3)4)14-22-19(25)24-12-10-20(15-21,11-13-24)17-8-6-5-7-9-17/h5-9,16,18H,10-14H2,1-4H3,(H,22,25). The molecular formula is C20H30N4O. The van der Waals surface area contributed by atoms with Crippen molar-refractivity contribution in [2.45, 2.75) is 38.1 Å². The maximum Gasteiger partial charge on any atom is 0.317 e. The number of likely N-dealkylation sites (N-methyl/N-ethyl adjacent to an activating group) is 1. The molecule has 0 aliphatic carbocycles. The molecule has 1 aromatic rings. The fraction of sp³-hybridized carbons (Fsp3) is 0.600. The van der Waals surface area contributed by atoms with Crippen LogP contribution in [0.15, 0.2) is 30.3 Å². The molecule has 0 saturated carbocycles. The van der Waals surface area contributed by atoms with Crippen molar-refractivity contribution in [1.29, 1.82) is 5.26 Å². The predicted octanol–water partition coefficient (Wildman–Crippen LogP) is 2.84. The van der Waals surface area contributed by atoms with Gasteiger partial charge in [0.15, 0.2) is 0 Å². The maximum atomic E-state index is 12.5. The van der Waals surface area contributed by atoms with Gasteiger partial charge in [0.1, 0.15) is 0 Å². The Bertz CT molecular complexity index is 590. The summed E-state index contributed by atoms with van der Waals surface area (Å²) >= 11 is 0. The number of nitriles is 1. The number of benzene rings is 1. The molecule has 0 bridgehead atoms. The number of likely N-dealkylation sites (tertiary alicyclic amines) is 1. The van der Waals surface area contributed by atoms with Gasteiger partial charge in [-0.05, 0) is 38.4 Å². The summed E-state index contributed by atoms with van der Waals surface area (Å²) in [6.07, 6.45) is 1.37. The van der Waals surface area contributed by atoms with E-state index in [4.69, 9.17) is 0 Å². The van der Waals surface area contributed by atoms with Crippen molar-refractivity contribution in [2.75, 3.05) is 33.7 Å². The lowest BCUT2D eigenvalue weighted by Gasteiger charge is -2.38. The van der Waals surface area contributed by atoms with Crippen molar-refractivity contribution in [2.24, 2.45) is 5.92 Å². The number of hydrogen-bond acceptors (Lipinski definition) is 3. The lowest BCUT2D eigenvalue weighted by atomic mass is 9.74. The van der Waals surface area contributed by atoms with Gasteiger partial charge in [0.2, 0.25) is 0 Å². The second-order valence-electron chi connectivity index (χ2n) is 7.51. The Morgan fingerprint density at radius 3 is 2.36 bits per heavy atom. The quantitative estimate of drug-likeness (QED) is 0.895. The first kappa shape index (κ1) is 19.3. The van der Waals surface area contributed by atoms with E-state index in [0.29, 0.717) is 44.4 Å². The van der Waals surface area contributed by atoms with Gasteiger partial charge in [0.25, 0.3) is 0 Å². The molecule has 0 aromatic heterocycles. The van der Waals surface area contributed by atoms with Gasteiger partial charge in [-0.3, -0.25) is 0 Å². The zero-order valence-corrected chi connectivity index (χ0v) is 15.8. The average molecular weight is 342 g/mol. The highest BCUT2D eigenvalue weighted by atomic mass is 16.2. The molecule has 1 fully saturated rings. The van der Waals surface area contributed by atoms with E-state index in [2.05, 4.69) is 30.1 Å². The summed E-state index contributed by atoms with van der Waals surface area (Å²) < 4.78 is 0. The van der Waals surface area contributed by atoms with Gasteiger partial charge in [-0.1, -0.05) is 44.2 Å². The van der Waals surface area contributed by atoms with Crippen LogP contribution in [0, 0.1) is 17.2 Å². The third kappa shape index (κ3) is 4.52. The van der Waals surface area contributed by atoms with E-state index in [0.717, 1.165) is 5.56 Å². The summed E-state index contributed by atoms with van der Waals surface area (Å²) in [6, 6.07) is 12.7. The fourth-order valence-corrected chi connectivity index (χ4v) is 3.63. The molecule has 0 radical (unpaired) electrons. The van der Waals surface area contributed by atoms with Gasteiger partial charge in [-0.25, -0.2) is 4.79 Å². The van der Waals surface area contributed by atoms with Crippen molar-refractivity contribution in [3.63, 3.8) is 0 Å². The fourth-order valence-electron chi connectivity index (χ4n) is 3.63. The summed E-state index contributed by atoms with van der Waals surface area (Å²) in [7, 11) is 4.08. The molecule has 136 valence electrons. The van der Waals surface area contributed by atoms with Crippen LogP contribution in [0.4, 0.5) is 4.79 Å². The monoisotopic (exact) mass is 342 g/mol. The van der Waals surface area contributed by atoms with Crippen molar-refractivity contribution in [3.8, 4) is 6.07 Å². The molecule has 25 heavy (non-hydrogen) atoms. The van der Waals surface area contributed by atoms with Crippen molar-refractivity contribution < 1.29 is 4.79 Å². The van der Waals surface area contributed by atoms with Gasteiger partial charge in [-0.15, -0.1) is 0 Å². The van der Waals surface area contributed by atoms with Crippen LogP contribution in [0.3, 0.4) is 0 Å². The highest BCUT2D eigenvalue weighted by molar-refractivity contribution is 5.74. The minimum atomic E-state index is -0.470. The van der Waals surface area contributed by atoms with E-state index in [-0.39, 0.29) is 6.03 Å². The van der Waals surface area contributed by atoms with E-state index in [1.165, 1.54) is 0 Å². The number of piperidine rings is 1. The minimum Gasteiger partial charge on any atom is -0.336 e. The number of nitrogens with one attached hydrogen (secondary N) is 1. The highest BCUT2D eigenvalue weighted by Gasteiger charge is 2.37. The Hall–Kier alpha value is -2.06. The molecule has 1 aromatic carbocycles. The number of rotatable bonds is 5. The number of hydrogen-bond donors (Lipinski definition) is 1. The molecule has 1 unspecified atom stereocenters. The van der Waals surface area contributed by atoms with E-state index < -0.39 is 5.41 Å². The molecule has 1 atom stereocenters. The van der Waals surface area contributed by atoms with Crippen LogP contribution in [0.1, 0.15) is 32.3 Å².